The Labute approximate surface area is 126 Å². The summed E-state index contributed by atoms with van der Waals surface area (Å²) in [4.78, 5) is 17.5. The lowest BCUT2D eigenvalue weighted by Gasteiger charge is -2.04. The molecule has 0 aromatic carbocycles. The van der Waals surface area contributed by atoms with E-state index in [1.807, 2.05) is 43.1 Å². The van der Waals surface area contributed by atoms with Crippen LogP contribution >= 0.6 is 11.3 Å². The van der Waals surface area contributed by atoms with Crippen molar-refractivity contribution in [3.05, 3.63) is 40.4 Å². The fourth-order valence-corrected chi connectivity index (χ4v) is 3.07. The van der Waals surface area contributed by atoms with Gasteiger partial charge < -0.3 is 5.32 Å². The van der Waals surface area contributed by atoms with E-state index in [0.29, 0.717) is 13.0 Å². The molecule has 3 heterocycles. The number of carbonyl (C=O) groups is 1. The molecule has 1 amide bonds. The molecule has 0 atom stereocenters. The summed E-state index contributed by atoms with van der Waals surface area (Å²) in [5.41, 5.74) is 3.81. The number of nitrogens with zero attached hydrogens (tertiary/aromatic N) is 4. The van der Waals surface area contributed by atoms with Crippen molar-refractivity contribution in [2.45, 2.75) is 26.8 Å². The van der Waals surface area contributed by atoms with Gasteiger partial charge in [0.25, 0.3) is 0 Å². The SMILES string of the molecule is Cc1nn(C)c(C)c1CC(=O)NCc1cn2ccsc2n1. The molecular weight excluding hydrogens is 286 g/mol. The van der Waals surface area contributed by atoms with Crippen LogP contribution in [0.1, 0.15) is 22.6 Å². The fourth-order valence-electron chi connectivity index (χ4n) is 2.35. The number of carbonyl (C=O) groups excluding carboxylic acids is 1. The number of amides is 1. The van der Waals surface area contributed by atoms with Crippen molar-refractivity contribution in [2.24, 2.45) is 7.05 Å². The summed E-state index contributed by atoms with van der Waals surface area (Å²) < 4.78 is 3.77. The Morgan fingerprint density at radius 3 is 2.90 bits per heavy atom. The average molecular weight is 303 g/mol. The second kappa shape index (κ2) is 5.33. The molecule has 3 rings (SSSR count). The molecule has 0 bridgehead atoms. The van der Waals surface area contributed by atoms with E-state index in [1.54, 1.807) is 16.0 Å². The number of fused-ring (bicyclic) bond motifs is 1. The molecule has 0 aliphatic rings. The topological polar surface area (TPSA) is 64.2 Å². The van der Waals surface area contributed by atoms with Crippen LogP contribution in [0, 0.1) is 13.8 Å². The number of hydrogen-bond acceptors (Lipinski definition) is 4. The summed E-state index contributed by atoms with van der Waals surface area (Å²) in [6.07, 6.45) is 4.25. The molecule has 0 saturated heterocycles. The highest BCUT2D eigenvalue weighted by Crippen LogP contribution is 2.13. The molecule has 0 fully saturated rings. The first kappa shape index (κ1) is 13.8. The number of imidazole rings is 1. The van der Waals surface area contributed by atoms with Crippen LogP contribution in [0.2, 0.25) is 0 Å². The lowest BCUT2D eigenvalue weighted by molar-refractivity contribution is -0.120. The Morgan fingerprint density at radius 2 is 2.24 bits per heavy atom. The summed E-state index contributed by atoms with van der Waals surface area (Å²) in [5.74, 6) is -0.00875. The molecule has 7 heteroatoms. The van der Waals surface area contributed by atoms with Gasteiger partial charge in [0.1, 0.15) is 0 Å². The number of nitrogens with one attached hydrogen (secondary N) is 1. The molecule has 110 valence electrons. The summed E-state index contributed by atoms with van der Waals surface area (Å²) in [5, 5.41) is 9.23. The predicted octanol–water partition coefficient (Wildman–Crippen LogP) is 1.61. The van der Waals surface area contributed by atoms with Crippen molar-refractivity contribution < 1.29 is 4.79 Å². The minimum absolute atomic E-state index is 0.00875. The maximum Gasteiger partial charge on any atom is 0.224 e. The second-order valence-electron chi connectivity index (χ2n) is 5.05. The van der Waals surface area contributed by atoms with Crippen molar-refractivity contribution >= 4 is 22.2 Å². The quantitative estimate of drug-likeness (QED) is 0.796. The summed E-state index contributed by atoms with van der Waals surface area (Å²) in [6.45, 7) is 4.36. The molecule has 0 aliphatic heterocycles. The third-order valence-electron chi connectivity index (χ3n) is 3.61. The number of aromatic nitrogens is 4. The molecule has 3 aromatic heterocycles. The Morgan fingerprint density at radius 1 is 1.43 bits per heavy atom. The highest BCUT2D eigenvalue weighted by atomic mass is 32.1. The molecule has 0 aliphatic carbocycles. The van der Waals surface area contributed by atoms with Gasteiger partial charge in [-0.25, -0.2) is 4.98 Å². The lowest BCUT2D eigenvalue weighted by Crippen LogP contribution is -2.25. The molecule has 0 unspecified atom stereocenters. The van der Waals surface area contributed by atoms with Crippen molar-refractivity contribution in [2.75, 3.05) is 0 Å². The number of thiazole rings is 1. The van der Waals surface area contributed by atoms with Gasteiger partial charge in [0.15, 0.2) is 4.96 Å². The summed E-state index contributed by atoms with van der Waals surface area (Å²) in [7, 11) is 1.89. The molecular formula is C14H17N5OS. The maximum absolute atomic E-state index is 12.1. The number of aryl methyl sites for hydroxylation is 2. The van der Waals surface area contributed by atoms with Crippen molar-refractivity contribution in [1.82, 2.24) is 24.5 Å². The number of rotatable bonds is 4. The van der Waals surface area contributed by atoms with E-state index in [0.717, 1.165) is 27.6 Å². The van der Waals surface area contributed by atoms with Crippen molar-refractivity contribution in [3.8, 4) is 0 Å². The van der Waals surface area contributed by atoms with E-state index >= 15 is 0 Å². The minimum Gasteiger partial charge on any atom is -0.350 e. The normalized spacial score (nSPS) is 11.2. The zero-order chi connectivity index (χ0) is 15.0. The van der Waals surface area contributed by atoms with Gasteiger partial charge in [0, 0.05) is 36.1 Å². The molecule has 6 nitrogen and oxygen atoms in total. The van der Waals surface area contributed by atoms with Crippen LogP contribution in [-0.2, 0) is 24.8 Å². The standard InChI is InChI=1S/C14H17N5OS/c1-9-12(10(2)18(3)17-9)6-13(20)15-7-11-8-19-4-5-21-14(19)16-11/h4-5,8H,6-7H2,1-3H3,(H,15,20). The smallest absolute Gasteiger partial charge is 0.224 e. The molecule has 3 aromatic rings. The van der Waals surface area contributed by atoms with Gasteiger partial charge in [0.05, 0.1) is 24.4 Å². The highest BCUT2D eigenvalue weighted by molar-refractivity contribution is 7.15. The van der Waals surface area contributed by atoms with Gasteiger partial charge in [-0.1, -0.05) is 0 Å². The van der Waals surface area contributed by atoms with Crippen LogP contribution in [0.5, 0.6) is 0 Å². The number of hydrogen-bond donors (Lipinski definition) is 1. The monoisotopic (exact) mass is 303 g/mol. The van der Waals surface area contributed by atoms with Crippen molar-refractivity contribution in [3.63, 3.8) is 0 Å². The van der Waals surface area contributed by atoms with Gasteiger partial charge in [-0.15, -0.1) is 11.3 Å². The highest BCUT2D eigenvalue weighted by Gasteiger charge is 2.13. The van der Waals surface area contributed by atoms with Gasteiger partial charge in [-0.05, 0) is 13.8 Å². The fraction of sp³-hybridized carbons (Fsp3) is 0.357. The Balaban J connectivity index is 1.62. The van der Waals surface area contributed by atoms with E-state index in [-0.39, 0.29) is 5.91 Å². The molecule has 21 heavy (non-hydrogen) atoms. The Bertz CT molecular complexity index is 769. The molecule has 1 N–H and O–H groups in total. The van der Waals surface area contributed by atoms with Crippen LogP contribution in [0.15, 0.2) is 17.8 Å². The maximum atomic E-state index is 12.1. The zero-order valence-corrected chi connectivity index (χ0v) is 13.1. The zero-order valence-electron chi connectivity index (χ0n) is 12.3. The first-order chi connectivity index (χ1) is 10.0. The van der Waals surface area contributed by atoms with Gasteiger partial charge in [-0.3, -0.25) is 13.9 Å². The second-order valence-corrected chi connectivity index (χ2v) is 5.92. The van der Waals surface area contributed by atoms with Crippen LogP contribution in [-0.4, -0.2) is 25.1 Å². The average Bonchev–Trinajstić information content (AvgIpc) is 3.07. The third-order valence-corrected chi connectivity index (χ3v) is 4.38. The Hall–Kier alpha value is -2.15. The largest absolute Gasteiger partial charge is 0.350 e. The van der Waals surface area contributed by atoms with Crippen LogP contribution in [0.4, 0.5) is 0 Å². The first-order valence-corrected chi connectivity index (χ1v) is 7.59. The van der Waals surface area contributed by atoms with Gasteiger partial charge in [-0.2, -0.15) is 5.10 Å². The van der Waals surface area contributed by atoms with Crippen LogP contribution in [0.25, 0.3) is 4.96 Å². The van der Waals surface area contributed by atoms with E-state index < -0.39 is 0 Å². The first-order valence-electron chi connectivity index (χ1n) is 6.71. The third kappa shape index (κ3) is 2.69. The van der Waals surface area contributed by atoms with E-state index in [4.69, 9.17) is 0 Å². The van der Waals surface area contributed by atoms with Crippen LogP contribution in [0.3, 0.4) is 0 Å². The molecule has 0 saturated carbocycles. The summed E-state index contributed by atoms with van der Waals surface area (Å²) >= 11 is 1.58. The Kier molecular flexibility index (Phi) is 3.50. The lowest BCUT2D eigenvalue weighted by atomic mass is 10.1. The van der Waals surface area contributed by atoms with Gasteiger partial charge >= 0.3 is 0 Å². The van der Waals surface area contributed by atoms with E-state index in [9.17, 15) is 4.79 Å². The van der Waals surface area contributed by atoms with Crippen LogP contribution < -0.4 is 5.32 Å². The molecule has 0 radical (unpaired) electrons. The van der Waals surface area contributed by atoms with E-state index in [2.05, 4.69) is 15.4 Å². The van der Waals surface area contributed by atoms with Crippen molar-refractivity contribution in [1.29, 1.82) is 0 Å². The molecule has 0 spiro atoms. The van der Waals surface area contributed by atoms with E-state index in [1.165, 1.54) is 0 Å². The minimum atomic E-state index is -0.00875. The summed E-state index contributed by atoms with van der Waals surface area (Å²) in [6, 6.07) is 0. The van der Waals surface area contributed by atoms with Gasteiger partial charge in [0.2, 0.25) is 5.91 Å². The predicted molar refractivity (Wildman–Crippen MR) is 81.3 cm³/mol.